The molecule has 0 saturated heterocycles. The van der Waals surface area contributed by atoms with Gasteiger partial charge in [0.05, 0.1) is 16.7 Å². The van der Waals surface area contributed by atoms with Gasteiger partial charge in [-0.05, 0) is 41.1 Å². The Hall–Kier alpha value is -3.11. The summed E-state index contributed by atoms with van der Waals surface area (Å²) in [6.07, 6.45) is 1.82. The Balaban J connectivity index is 1.57. The van der Waals surface area contributed by atoms with Crippen molar-refractivity contribution in [1.82, 2.24) is 15.0 Å². The van der Waals surface area contributed by atoms with E-state index < -0.39 is 0 Å². The number of H-pyrrole nitrogens is 1. The standard InChI is InChI=1S/C22H15N3S/c1-2-8-16-14-20-19(13-15(16)7-1)24-22(25-20)26-21-11-4-3-9-17(21)18-10-5-6-12-23-18/h1-14H,(H,24,25). The van der Waals surface area contributed by atoms with Crippen molar-refractivity contribution in [1.29, 1.82) is 0 Å². The van der Waals surface area contributed by atoms with Gasteiger partial charge in [-0.25, -0.2) is 4.98 Å². The second kappa shape index (κ2) is 6.32. The number of hydrogen-bond donors (Lipinski definition) is 1. The number of fused-ring (bicyclic) bond motifs is 2. The quantitative estimate of drug-likeness (QED) is 0.437. The molecule has 0 aliphatic heterocycles. The zero-order chi connectivity index (χ0) is 17.3. The van der Waals surface area contributed by atoms with E-state index in [-0.39, 0.29) is 0 Å². The zero-order valence-electron chi connectivity index (χ0n) is 13.9. The molecule has 2 heterocycles. The minimum Gasteiger partial charge on any atom is -0.333 e. The first-order chi connectivity index (χ1) is 12.9. The average Bonchev–Trinajstić information content (AvgIpc) is 3.08. The predicted molar refractivity (Wildman–Crippen MR) is 107 cm³/mol. The number of aromatic nitrogens is 3. The first kappa shape index (κ1) is 15.2. The van der Waals surface area contributed by atoms with Gasteiger partial charge < -0.3 is 4.98 Å². The molecule has 26 heavy (non-hydrogen) atoms. The van der Waals surface area contributed by atoms with Crippen LogP contribution in [-0.4, -0.2) is 15.0 Å². The van der Waals surface area contributed by atoms with Crippen LogP contribution in [0.1, 0.15) is 0 Å². The minimum absolute atomic E-state index is 0.888. The maximum Gasteiger partial charge on any atom is 0.171 e. The molecule has 0 saturated carbocycles. The third-order valence-electron chi connectivity index (χ3n) is 4.36. The van der Waals surface area contributed by atoms with Crippen molar-refractivity contribution in [3.05, 3.63) is 85.1 Å². The van der Waals surface area contributed by atoms with Crippen LogP contribution in [0.5, 0.6) is 0 Å². The molecule has 5 rings (SSSR count). The van der Waals surface area contributed by atoms with Crippen molar-refractivity contribution in [2.24, 2.45) is 0 Å². The first-order valence-corrected chi connectivity index (χ1v) is 9.25. The Bertz CT molecular complexity index is 1160. The summed E-state index contributed by atoms with van der Waals surface area (Å²) < 4.78 is 0. The molecule has 124 valence electrons. The molecule has 2 aromatic heterocycles. The maximum absolute atomic E-state index is 4.78. The van der Waals surface area contributed by atoms with E-state index in [1.807, 2.05) is 36.5 Å². The van der Waals surface area contributed by atoms with Gasteiger partial charge in [0, 0.05) is 16.7 Å². The van der Waals surface area contributed by atoms with E-state index in [2.05, 4.69) is 58.5 Å². The van der Waals surface area contributed by atoms with Crippen LogP contribution in [-0.2, 0) is 0 Å². The summed E-state index contributed by atoms with van der Waals surface area (Å²) in [6, 6.07) is 26.9. The molecule has 0 bridgehead atoms. The smallest absolute Gasteiger partial charge is 0.171 e. The highest BCUT2D eigenvalue weighted by atomic mass is 32.2. The third-order valence-corrected chi connectivity index (χ3v) is 5.32. The van der Waals surface area contributed by atoms with Crippen molar-refractivity contribution >= 4 is 33.6 Å². The molecule has 0 amide bonds. The lowest BCUT2D eigenvalue weighted by Crippen LogP contribution is -1.86. The number of nitrogens with zero attached hydrogens (tertiary/aromatic N) is 2. The molecule has 0 atom stereocenters. The fourth-order valence-corrected chi connectivity index (χ4v) is 4.06. The van der Waals surface area contributed by atoms with E-state index in [1.54, 1.807) is 11.8 Å². The Morgan fingerprint density at radius 3 is 2.38 bits per heavy atom. The fraction of sp³-hybridized carbons (Fsp3) is 0. The summed E-state index contributed by atoms with van der Waals surface area (Å²) in [4.78, 5) is 13.8. The van der Waals surface area contributed by atoms with Gasteiger partial charge in [0.2, 0.25) is 0 Å². The van der Waals surface area contributed by atoms with E-state index >= 15 is 0 Å². The number of imidazole rings is 1. The highest BCUT2D eigenvalue weighted by molar-refractivity contribution is 7.99. The second-order valence-electron chi connectivity index (χ2n) is 6.07. The fourth-order valence-electron chi connectivity index (χ4n) is 3.12. The van der Waals surface area contributed by atoms with Crippen LogP contribution in [0.3, 0.4) is 0 Å². The average molecular weight is 353 g/mol. The van der Waals surface area contributed by atoms with Crippen LogP contribution >= 0.6 is 11.8 Å². The zero-order valence-corrected chi connectivity index (χ0v) is 14.7. The monoisotopic (exact) mass is 353 g/mol. The number of hydrogen-bond acceptors (Lipinski definition) is 3. The molecule has 3 aromatic carbocycles. The molecule has 0 radical (unpaired) electrons. The Labute approximate surface area is 155 Å². The van der Waals surface area contributed by atoms with Crippen molar-refractivity contribution in [2.75, 3.05) is 0 Å². The van der Waals surface area contributed by atoms with Gasteiger partial charge in [-0.15, -0.1) is 0 Å². The van der Waals surface area contributed by atoms with Crippen molar-refractivity contribution in [3.63, 3.8) is 0 Å². The SMILES string of the molecule is c1ccc(-c2ccccc2Sc2nc3cc4ccccc4cc3[nH]2)nc1. The van der Waals surface area contributed by atoms with Crippen LogP contribution in [0, 0.1) is 0 Å². The molecule has 0 aliphatic carbocycles. The predicted octanol–water partition coefficient (Wildman–Crippen LogP) is 5.93. The number of aromatic amines is 1. The van der Waals surface area contributed by atoms with Crippen LogP contribution in [0.15, 0.2) is 95.1 Å². The first-order valence-electron chi connectivity index (χ1n) is 8.44. The van der Waals surface area contributed by atoms with Gasteiger partial charge in [-0.1, -0.05) is 60.3 Å². The molecule has 4 heteroatoms. The Morgan fingerprint density at radius 1 is 0.769 bits per heavy atom. The van der Waals surface area contributed by atoms with Crippen LogP contribution in [0.2, 0.25) is 0 Å². The summed E-state index contributed by atoms with van der Waals surface area (Å²) in [5.74, 6) is 0. The summed E-state index contributed by atoms with van der Waals surface area (Å²) in [5, 5.41) is 3.31. The molecule has 5 aromatic rings. The number of pyridine rings is 1. The topological polar surface area (TPSA) is 41.6 Å². The number of rotatable bonds is 3. The largest absolute Gasteiger partial charge is 0.333 e. The lowest BCUT2D eigenvalue weighted by molar-refractivity contribution is 1.08. The molecule has 3 nitrogen and oxygen atoms in total. The molecule has 0 spiro atoms. The normalized spacial score (nSPS) is 11.2. The van der Waals surface area contributed by atoms with Gasteiger partial charge in [0.15, 0.2) is 5.16 Å². The molecule has 1 N–H and O–H groups in total. The molecular formula is C22H15N3S. The summed E-state index contributed by atoms with van der Waals surface area (Å²) in [5.41, 5.74) is 4.13. The van der Waals surface area contributed by atoms with Crippen molar-refractivity contribution in [3.8, 4) is 11.3 Å². The highest BCUT2D eigenvalue weighted by Gasteiger charge is 2.10. The van der Waals surface area contributed by atoms with Crippen LogP contribution in [0.25, 0.3) is 33.1 Å². The summed E-state index contributed by atoms with van der Waals surface area (Å²) >= 11 is 1.63. The van der Waals surface area contributed by atoms with Crippen LogP contribution in [0.4, 0.5) is 0 Å². The van der Waals surface area contributed by atoms with Gasteiger partial charge >= 0.3 is 0 Å². The summed E-state index contributed by atoms with van der Waals surface area (Å²) in [7, 11) is 0. The summed E-state index contributed by atoms with van der Waals surface area (Å²) in [6.45, 7) is 0. The van der Waals surface area contributed by atoms with Crippen molar-refractivity contribution < 1.29 is 0 Å². The molecule has 0 unspecified atom stereocenters. The van der Waals surface area contributed by atoms with E-state index in [4.69, 9.17) is 4.98 Å². The van der Waals surface area contributed by atoms with E-state index in [1.165, 1.54) is 10.8 Å². The molecular weight excluding hydrogens is 338 g/mol. The van der Waals surface area contributed by atoms with Gasteiger partial charge in [-0.2, -0.15) is 0 Å². The number of benzene rings is 3. The van der Waals surface area contributed by atoms with Crippen molar-refractivity contribution in [2.45, 2.75) is 10.1 Å². The second-order valence-corrected chi connectivity index (χ2v) is 7.10. The lowest BCUT2D eigenvalue weighted by Gasteiger charge is -2.06. The highest BCUT2D eigenvalue weighted by Crippen LogP contribution is 2.35. The van der Waals surface area contributed by atoms with E-state index in [9.17, 15) is 0 Å². The maximum atomic E-state index is 4.78. The molecule has 0 aliphatic rings. The van der Waals surface area contributed by atoms with E-state index in [0.717, 1.165) is 32.3 Å². The van der Waals surface area contributed by atoms with Gasteiger partial charge in [0.1, 0.15) is 0 Å². The third kappa shape index (κ3) is 2.74. The number of nitrogens with one attached hydrogen (secondary N) is 1. The van der Waals surface area contributed by atoms with E-state index in [0.29, 0.717) is 0 Å². The molecule has 0 fully saturated rings. The lowest BCUT2D eigenvalue weighted by atomic mass is 10.1. The van der Waals surface area contributed by atoms with Gasteiger partial charge in [-0.3, -0.25) is 4.98 Å². The Kier molecular flexibility index (Phi) is 3.68. The van der Waals surface area contributed by atoms with Crippen LogP contribution < -0.4 is 0 Å². The minimum atomic E-state index is 0.888. The Morgan fingerprint density at radius 2 is 1.54 bits per heavy atom. The van der Waals surface area contributed by atoms with Gasteiger partial charge in [0.25, 0.3) is 0 Å².